The molecule has 0 saturated carbocycles. The van der Waals surface area contributed by atoms with Crippen LogP contribution in [-0.2, 0) is 10.2 Å². The molecule has 7 nitrogen and oxygen atoms in total. The van der Waals surface area contributed by atoms with Crippen molar-refractivity contribution < 1.29 is 9.53 Å². The predicted molar refractivity (Wildman–Crippen MR) is 154 cm³/mol. The maximum atomic E-state index is 12.5. The van der Waals surface area contributed by atoms with E-state index in [-0.39, 0.29) is 17.1 Å². The Labute approximate surface area is 228 Å². The topological polar surface area (TPSA) is 81.4 Å². The summed E-state index contributed by atoms with van der Waals surface area (Å²) >= 11 is 1.32. The number of aromatic nitrogens is 3. The fourth-order valence-corrected chi connectivity index (χ4v) is 4.50. The first-order chi connectivity index (χ1) is 18.2. The van der Waals surface area contributed by atoms with Crippen molar-refractivity contribution in [2.24, 2.45) is 5.10 Å². The number of thioether (sulfide) groups is 1. The van der Waals surface area contributed by atoms with E-state index in [1.807, 2.05) is 47.9 Å². The summed E-state index contributed by atoms with van der Waals surface area (Å²) in [6.45, 7) is 11.2. The highest BCUT2D eigenvalue weighted by Gasteiger charge is 2.19. The fraction of sp³-hybridized carbons (Fsp3) is 0.267. The maximum absolute atomic E-state index is 12.5. The summed E-state index contributed by atoms with van der Waals surface area (Å²) in [5.74, 6) is 1.44. The SMILES string of the molecule is CCOc1ccc(/C=N\NC(=O)CSc2nnc(-c3ccc(C(C)(C)C)cc3)n2-c2ccc(C)cc2)cc1. The molecular formula is C30H33N5O2S. The van der Waals surface area contributed by atoms with Crippen molar-refractivity contribution in [2.45, 2.75) is 45.2 Å². The van der Waals surface area contributed by atoms with E-state index in [0.29, 0.717) is 11.8 Å². The first-order valence-electron chi connectivity index (χ1n) is 12.6. The van der Waals surface area contributed by atoms with Gasteiger partial charge in [0.25, 0.3) is 5.91 Å². The lowest BCUT2D eigenvalue weighted by molar-refractivity contribution is -0.118. The van der Waals surface area contributed by atoms with E-state index in [9.17, 15) is 4.79 Å². The third-order valence-corrected chi connectivity index (χ3v) is 6.79. The summed E-state index contributed by atoms with van der Waals surface area (Å²) in [6, 6.07) is 24.1. The summed E-state index contributed by atoms with van der Waals surface area (Å²) in [4.78, 5) is 12.5. The van der Waals surface area contributed by atoms with Crippen LogP contribution in [-0.4, -0.2) is 39.2 Å². The van der Waals surface area contributed by atoms with Gasteiger partial charge in [-0.25, -0.2) is 5.43 Å². The molecule has 1 amide bonds. The molecule has 0 aliphatic rings. The Hall–Kier alpha value is -3.91. The number of amides is 1. The summed E-state index contributed by atoms with van der Waals surface area (Å²) < 4.78 is 7.44. The molecule has 0 fully saturated rings. The molecule has 4 rings (SSSR count). The number of carbonyl (C=O) groups excluding carboxylic acids is 1. The van der Waals surface area contributed by atoms with Gasteiger partial charge >= 0.3 is 0 Å². The Balaban J connectivity index is 1.49. The second-order valence-electron chi connectivity index (χ2n) is 9.89. The second-order valence-corrected chi connectivity index (χ2v) is 10.8. The smallest absolute Gasteiger partial charge is 0.250 e. The molecule has 0 radical (unpaired) electrons. The molecule has 8 heteroatoms. The lowest BCUT2D eigenvalue weighted by Gasteiger charge is -2.19. The van der Waals surface area contributed by atoms with Crippen LogP contribution in [0.4, 0.5) is 0 Å². The molecule has 196 valence electrons. The van der Waals surface area contributed by atoms with E-state index in [1.165, 1.54) is 17.3 Å². The molecule has 1 N–H and O–H groups in total. The molecule has 38 heavy (non-hydrogen) atoms. The first kappa shape index (κ1) is 27.1. The van der Waals surface area contributed by atoms with Crippen molar-refractivity contribution in [3.8, 4) is 22.8 Å². The highest BCUT2D eigenvalue weighted by atomic mass is 32.2. The van der Waals surface area contributed by atoms with Crippen molar-refractivity contribution in [1.29, 1.82) is 0 Å². The van der Waals surface area contributed by atoms with Gasteiger partial charge in [0.05, 0.1) is 18.6 Å². The minimum Gasteiger partial charge on any atom is -0.494 e. The summed E-state index contributed by atoms with van der Waals surface area (Å²) in [5, 5.41) is 13.6. The Morgan fingerprint density at radius 3 is 2.32 bits per heavy atom. The zero-order valence-electron chi connectivity index (χ0n) is 22.4. The summed E-state index contributed by atoms with van der Waals surface area (Å²) in [5.41, 5.74) is 7.82. The lowest BCUT2D eigenvalue weighted by Crippen LogP contribution is -2.20. The van der Waals surface area contributed by atoms with Gasteiger partial charge in [0.2, 0.25) is 0 Å². The Morgan fingerprint density at radius 1 is 1.00 bits per heavy atom. The molecule has 4 aromatic rings. The molecule has 0 aliphatic heterocycles. The zero-order chi connectivity index (χ0) is 27.1. The van der Waals surface area contributed by atoms with E-state index in [4.69, 9.17) is 4.74 Å². The minimum atomic E-state index is -0.230. The summed E-state index contributed by atoms with van der Waals surface area (Å²) in [6.07, 6.45) is 1.60. The second kappa shape index (κ2) is 12.1. The molecule has 0 aliphatic carbocycles. The molecule has 1 heterocycles. The number of nitrogens with zero attached hydrogens (tertiary/aromatic N) is 4. The number of hydrazone groups is 1. The number of rotatable bonds is 9. The molecule has 0 saturated heterocycles. The molecule has 0 atom stereocenters. The average molecular weight is 528 g/mol. The number of hydrogen-bond donors (Lipinski definition) is 1. The molecule has 3 aromatic carbocycles. The standard InChI is InChI=1S/C30H33N5O2S/c1-6-37-26-17-9-22(10-18-26)19-31-32-27(36)20-38-29-34-33-28(35(29)25-15-7-21(2)8-16-25)23-11-13-24(14-12-23)30(3,4)5/h7-19H,6,20H2,1-5H3,(H,32,36)/b31-19-. The van der Waals surface area contributed by atoms with Gasteiger partial charge < -0.3 is 4.74 Å². The van der Waals surface area contributed by atoms with Crippen molar-refractivity contribution in [3.63, 3.8) is 0 Å². The lowest BCUT2D eigenvalue weighted by atomic mass is 9.87. The van der Waals surface area contributed by atoms with Crippen LogP contribution in [0.25, 0.3) is 17.1 Å². The highest BCUT2D eigenvalue weighted by molar-refractivity contribution is 7.99. The van der Waals surface area contributed by atoms with Gasteiger partial charge in [0, 0.05) is 11.3 Å². The quantitative estimate of drug-likeness (QED) is 0.160. The van der Waals surface area contributed by atoms with Crippen LogP contribution in [0, 0.1) is 6.92 Å². The molecule has 0 unspecified atom stereocenters. The van der Waals surface area contributed by atoms with Gasteiger partial charge in [-0.15, -0.1) is 10.2 Å². The van der Waals surface area contributed by atoms with Gasteiger partial charge in [0.15, 0.2) is 11.0 Å². The van der Waals surface area contributed by atoms with Crippen LogP contribution < -0.4 is 10.2 Å². The Kier molecular flexibility index (Phi) is 8.63. The number of ether oxygens (including phenoxy) is 1. The van der Waals surface area contributed by atoms with E-state index in [1.54, 1.807) is 6.21 Å². The maximum Gasteiger partial charge on any atom is 0.250 e. The van der Waals surface area contributed by atoms with Crippen molar-refractivity contribution in [1.82, 2.24) is 20.2 Å². The molecule has 0 spiro atoms. The van der Waals surface area contributed by atoms with E-state index in [0.717, 1.165) is 34.0 Å². The first-order valence-corrected chi connectivity index (χ1v) is 13.5. The van der Waals surface area contributed by atoms with Gasteiger partial charge in [-0.3, -0.25) is 9.36 Å². The third kappa shape index (κ3) is 6.89. The van der Waals surface area contributed by atoms with Crippen LogP contribution in [0.5, 0.6) is 5.75 Å². The molecular weight excluding hydrogens is 494 g/mol. The third-order valence-electron chi connectivity index (χ3n) is 5.86. The van der Waals surface area contributed by atoms with Crippen molar-refractivity contribution in [3.05, 3.63) is 89.5 Å². The van der Waals surface area contributed by atoms with Crippen molar-refractivity contribution >= 4 is 23.9 Å². The predicted octanol–water partition coefficient (Wildman–Crippen LogP) is 6.18. The van der Waals surface area contributed by atoms with Crippen LogP contribution >= 0.6 is 11.8 Å². The van der Waals surface area contributed by atoms with Gasteiger partial charge in [-0.05, 0) is 66.8 Å². The Morgan fingerprint density at radius 2 is 1.68 bits per heavy atom. The number of benzene rings is 3. The minimum absolute atomic E-state index is 0.0624. The van der Waals surface area contributed by atoms with Crippen LogP contribution in [0.15, 0.2) is 83.1 Å². The van der Waals surface area contributed by atoms with E-state index in [2.05, 4.69) is 84.8 Å². The number of hydrogen-bond acceptors (Lipinski definition) is 6. The van der Waals surface area contributed by atoms with Crippen LogP contribution in [0.3, 0.4) is 0 Å². The van der Waals surface area contributed by atoms with Gasteiger partial charge in [-0.2, -0.15) is 5.10 Å². The Bertz CT molecular complexity index is 1390. The number of nitrogens with one attached hydrogen (secondary N) is 1. The van der Waals surface area contributed by atoms with Gasteiger partial charge in [-0.1, -0.05) is 74.5 Å². The molecule has 1 aromatic heterocycles. The fourth-order valence-electron chi connectivity index (χ4n) is 3.75. The number of carbonyl (C=O) groups is 1. The highest BCUT2D eigenvalue weighted by Crippen LogP contribution is 2.30. The average Bonchev–Trinajstić information content (AvgIpc) is 3.33. The van der Waals surface area contributed by atoms with Crippen LogP contribution in [0.1, 0.15) is 44.4 Å². The zero-order valence-corrected chi connectivity index (χ0v) is 23.2. The summed E-state index contributed by atoms with van der Waals surface area (Å²) in [7, 11) is 0. The van der Waals surface area contributed by atoms with Crippen molar-refractivity contribution in [2.75, 3.05) is 12.4 Å². The van der Waals surface area contributed by atoms with E-state index >= 15 is 0 Å². The normalized spacial score (nSPS) is 11.6. The number of aryl methyl sites for hydroxylation is 1. The van der Waals surface area contributed by atoms with E-state index < -0.39 is 0 Å². The monoisotopic (exact) mass is 527 g/mol. The van der Waals surface area contributed by atoms with Gasteiger partial charge in [0.1, 0.15) is 5.75 Å². The van der Waals surface area contributed by atoms with Crippen LogP contribution in [0.2, 0.25) is 0 Å². The largest absolute Gasteiger partial charge is 0.494 e. The molecule has 0 bridgehead atoms.